The first-order valence-corrected chi connectivity index (χ1v) is 11.3. The molecule has 0 aliphatic rings. The summed E-state index contributed by atoms with van der Waals surface area (Å²) in [4.78, 5) is 47.5. The number of rotatable bonds is 5. The van der Waals surface area contributed by atoms with Gasteiger partial charge in [-0.2, -0.15) is 39.5 Å². The Kier molecular flexibility index (Phi) is 15.2. The second-order valence-corrected chi connectivity index (χ2v) is 7.77. The maximum atomic E-state index is 12.2. The maximum Gasteiger partial charge on any atom is 0.490 e. The van der Waals surface area contributed by atoms with E-state index in [0.717, 1.165) is 17.5 Å². The summed E-state index contributed by atoms with van der Waals surface area (Å²) in [5.74, 6) is -8.10. The maximum absolute atomic E-state index is 12.2. The predicted molar refractivity (Wildman–Crippen MR) is 132 cm³/mol. The fraction of sp³-hybridized carbons (Fsp3) is 0.250. The summed E-state index contributed by atoms with van der Waals surface area (Å²) in [6.07, 6.45) is -12.4. The molecule has 242 valence electrons. The number of halogens is 9. The number of carbonyl (C=O) groups is 4. The average Bonchev–Trinajstić information content (AvgIpc) is 2.91. The van der Waals surface area contributed by atoms with Crippen LogP contribution < -0.4 is 11.1 Å². The fourth-order valence-corrected chi connectivity index (χ4v) is 2.33. The number of fused-ring (bicyclic) bond motifs is 1. The number of para-hydroxylation sites is 2. The van der Waals surface area contributed by atoms with Crippen LogP contribution in [0.1, 0.15) is 12.0 Å². The zero-order valence-corrected chi connectivity index (χ0v) is 21.6. The molecule has 0 radical (unpaired) electrons. The van der Waals surface area contributed by atoms with Crippen LogP contribution in [0.3, 0.4) is 0 Å². The van der Waals surface area contributed by atoms with Crippen molar-refractivity contribution in [3.05, 3.63) is 66.4 Å². The summed E-state index contributed by atoms with van der Waals surface area (Å²) in [6.45, 7) is 0. The van der Waals surface area contributed by atoms with Crippen molar-refractivity contribution in [1.82, 2.24) is 9.97 Å². The Morgan fingerprint density at radius 3 is 1.50 bits per heavy atom. The van der Waals surface area contributed by atoms with Gasteiger partial charge in [0.15, 0.2) is 5.82 Å². The largest absolute Gasteiger partial charge is 0.490 e. The monoisotopic (exact) mass is 648 g/mol. The van der Waals surface area contributed by atoms with Crippen molar-refractivity contribution in [3.8, 4) is 0 Å². The molecule has 0 saturated carbocycles. The van der Waals surface area contributed by atoms with E-state index in [4.69, 9.17) is 35.4 Å². The number of benzene rings is 2. The van der Waals surface area contributed by atoms with Crippen LogP contribution >= 0.6 is 0 Å². The molecule has 0 saturated heterocycles. The van der Waals surface area contributed by atoms with Crippen LogP contribution in [0, 0.1) is 0 Å². The van der Waals surface area contributed by atoms with E-state index in [1.165, 1.54) is 5.56 Å². The summed E-state index contributed by atoms with van der Waals surface area (Å²) in [6, 6.07) is 16.9. The molecule has 20 heteroatoms. The summed E-state index contributed by atoms with van der Waals surface area (Å²) >= 11 is 0. The number of carboxylic acids is 3. The van der Waals surface area contributed by atoms with Crippen molar-refractivity contribution in [2.75, 3.05) is 5.32 Å². The van der Waals surface area contributed by atoms with Gasteiger partial charge < -0.3 is 26.4 Å². The van der Waals surface area contributed by atoms with Gasteiger partial charge in [0.05, 0.1) is 23.3 Å². The van der Waals surface area contributed by atoms with Gasteiger partial charge in [-0.15, -0.1) is 0 Å². The molecule has 0 unspecified atom stereocenters. The van der Waals surface area contributed by atoms with Crippen LogP contribution in [0.5, 0.6) is 0 Å². The molecule has 2 aromatic carbocycles. The highest BCUT2D eigenvalue weighted by Gasteiger charge is 2.39. The zero-order valence-electron chi connectivity index (χ0n) is 21.6. The number of hydrogen-bond acceptors (Lipinski definition) is 7. The smallest absolute Gasteiger partial charge is 0.475 e. The highest BCUT2D eigenvalue weighted by molar-refractivity contribution is 5.94. The van der Waals surface area contributed by atoms with E-state index in [0.29, 0.717) is 12.2 Å². The zero-order chi connectivity index (χ0) is 34.3. The predicted octanol–water partition coefficient (Wildman–Crippen LogP) is 4.43. The average molecular weight is 648 g/mol. The molecule has 0 bridgehead atoms. The molecule has 1 amide bonds. The third-order valence-electron chi connectivity index (χ3n) is 4.35. The lowest BCUT2D eigenvalue weighted by Gasteiger charge is -2.12. The number of aryl methyl sites for hydroxylation is 1. The van der Waals surface area contributed by atoms with Crippen molar-refractivity contribution in [3.63, 3.8) is 0 Å². The SMILES string of the molecule is N[C@H](CCc1ccccc1)C(=O)Nc1cnc2ccccc2n1.O=C(O)C(F)(F)F.O=C(O)C(F)(F)F.O=C(O)C(F)(F)F. The number of anilines is 1. The van der Waals surface area contributed by atoms with E-state index in [9.17, 15) is 44.3 Å². The Hall–Kier alpha value is -5.01. The lowest BCUT2D eigenvalue weighted by atomic mass is 10.1. The van der Waals surface area contributed by atoms with Crippen LogP contribution in [0.2, 0.25) is 0 Å². The molecule has 1 aromatic heterocycles. The molecule has 0 spiro atoms. The van der Waals surface area contributed by atoms with E-state index in [-0.39, 0.29) is 5.91 Å². The van der Waals surface area contributed by atoms with Crippen LogP contribution in [-0.4, -0.2) is 73.7 Å². The van der Waals surface area contributed by atoms with Gasteiger partial charge in [0.25, 0.3) is 0 Å². The van der Waals surface area contributed by atoms with Crippen LogP contribution in [-0.2, 0) is 25.6 Å². The summed E-state index contributed by atoms with van der Waals surface area (Å²) in [5, 5.41) is 24.1. The molecular weight excluding hydrogens is 627 g/mol. The van der Waals surface area contributed by atoms with Crippen LogP contribution in [0.15, 0.2) is 60.8 Å². The minimum atomic E-state index is -5.08. The molecular formula is C24H21F9N4O7. The normalized spacial score (nSPS) is 11.7. The number of aliphatic carboxylic acids is 3. The Morgan fingerprint density at radius 2 is 1.09 bits per heavy atom. The topological polar surface area (TPSA) is 193 Å². The molecule has 1 atom stereocenters. The number of aromatic nitrogens is 2. The Bertz CT molecular complexity index is 1330. The molecule has 1 heterocycles. The quantitative estimate of drug-likeness (QED) is 0.247. The molecule has 0 fully saturated rings. The number of alkyl halides is 9. The summed E-state index contributed by atoms with van der Waals surface area (Å²) in [5.41, 5.74) is 8.66. The number of nitrogens with two attached hydrogens (primary N) is 1. The minimum Gasteiger partial charge on any atom is -0.475 e. The molecule has 0 aliphatic heterocycles. The second kappa shape index (κ2) is 17.2. The number of carbonyl (C=O) groups excluding carboxylic acids is 1. The highest BCUT2D eigenvalue weighted by atomic mass is 19.4. The van der Waals surface area contributed by atoms with E-state index in [2.05, 4.69) is 15.3 Å². The standard InChI is InChI=1S/C18H18N4O.3C2HF3O2/c19-14(11-10-13-6-2-1-3-7-13)18(23)22-17-12-20-15-8-4-5-9-16(15)21-17;3*3-2(4,5)1(6)7/h1-9,12,14H,10-11,19H2,(H,21,22,23);3*(H,6,7)/t14-;;;/m1.../s1. The fourth-order valence-electron chi connectivity index (χ4n) is 2.33. The van der Waals surface area contributed by atoms with E-state index in [1.54, 1.807) is 6.20 Å². The van der Waals surface area contributed by atoms with Crippen molar-refractivity contribution in [1.29, 1.82) is 0 Å². The van der Waals surface area contributed by atoms with Crippen molar-refractivity contribution < 1.29 is 74.0 Å². The number of nitrogens with zero attached hydrogens (tertiary/aromatic N) is 2. The molecule has 0 aliphatic carbocycles. The first kappa shape index (κ1) is 39.0. The van der Waals surface area contributed by atoms with Gasteiger partial charge in [-0.3, -0.25) is 9.78 Å². The number of carboxylic acid groups (broad SMARTS) is 3. The van der Waals surface area contributed by atoms with Crippen molar-refractivity contribution in [2.45, 2.75) is 37.4 Å². The van der Waals surface area contributed by atoms with Gasteiger partial charge in [-0.05, 0) is 30.5 Å². The first-order chi connectivity index (χ1) is 20.1. The number of amides is 1. The summed E-state index contributed by atoms with van der Waals surface area (Å²) in [7, 11) is 0. The Balaban J connectivity index is 0.000000721. The lowest BCUT2D eigenvalue weighted by Crippen LogP contribution is -2.36. The number of nitrogens with one attached hydrogen (secondary N) is 1. The van der Waals surface area contributed by atoms with Gasteiger partial charge >= 0.3 is 36.4 Å². The van der Waals surface area contributed by atoms with Gasteiger partial charge in [-0.25, -0.2) is 19.4 Å². The molecule has 11 nitrogen and oxygen atoms in total. The second-order valence-electron chi connectivity index (χ2n) is 7.77. The molecule has 3 aromatic rings. The summed E-state index contributed by atoms with van der Waals surface area (Å²) < 4.78 is 95.2. The van der Waals surface area contributed by atoms with Gasteiger partial charge in [0.1, 0.15) is 0 Å². The minimum absolute atomic E-state index is 0.245. The van der Waals surface area contributed by atoms with Crippen molar-refractivity contribution in [2.24, 2.45) is 5.73 Å². The van der Waals surface area contributed by atoms with Crippen LogP contribution in [0.25, 0.3) is 11.0 Å². The van der Waals surface area contributed by atoms with Gasteiger partial charge in [-0.1, -0.05) is 42.5 Å². The molecule has 44 heavy (non-hydrogen) atoms. The lowest BCUT2D eigenvalue weighted by molar-refractivity contribution is -0.193. The number of hydrogen-bond donors (Lipinski definition) is 5. The van der Waals surface area contributed by atoms with E-state index < -0.39 is 42.5 Å². The van der Waals surface area contributed by atoms with Gasteiger partial charge in [0, 0.05) is 0 Å². The highest BCUT2D eigenvalue weighted by Crippen LogP contribution is 2.15. The van der Waals surface area contributed by atoms with Gasteiger partial charge in [0.2, 0.25) is 5.91 Å². The van der Waals surface area contributed by atoms with Crippen LogP contribution in [0.4, 0.5) is 45.3 Å². The molecule has 3 rings (SSSR count). The Morgan fingerprint density at radius 1 is 0.705 bits per heavy atom. The molecule has 6 N–H and O–H groups in total. The third-order valence-corrected chi connectivity index (χ3v) is 4.35. The van der Waals surface area contributed by atoms with E-state index >= 15 is 0 Å². The first-order valence-electron chi connectivity index (χ1n) is 11.3. The van der Waals surface area contributed by atoms with E-state index in [1.807, 2.05) is 54.6 Å². The van der Waals surface area contributed by atoms with Crippen molar-refractivity contribution >= 4 is 40.7 Å². The third kappa shape index (κ3) is 16.4. The Labute approximate surface area is 240 Å².